The first-order valence-electron chi connectivity index (χ1n) is 6.44. The van der Waals surface area contributed by atoms with Crippen molar-refractivity contribution in [3.05, 3.63) is 48.9 Å². The SMILES string of the molecule is CNC(=O)Oc1ccc2[nH]cc(Nc3ccncc3)c2c1. The largest absolute Gasteiger partial charge is 0.412 e. The highest BCUT2D eigenvalue weighted by atomic mass is 16.5. The van der Waals surface area contributed by atoms with Crippen molar-refractivity contribution in [2.75, 3.05) is 12.4 Å². The van der Waals surface area contributed by atoms with Gasteiger partial charge in [0.1, 0.15) is 5.75 Å². The second-order valence-electron chi connectivity index (χ2n) is 4.41. The Kier molecular flexibility index (Phi) is 3.42. The molecule has 3 rings (SSSR count). The van der Waals surface area contributed by atoms with E-state index < -0.39 is 6.09 Å². The Morgan fingerprint density at radius 1 is 1.24 bits per heavy atom. The molecule has 6 heteroatoms. The van der Waals surface area contributed by atoms with Gasteiger partial charge in [-0.2, -0.15) is 0 Å². The number of nitrogens with one attached hydrogen (secondary N) is 3. The summed E-state index contributed by atoms with van der Waals surface area (Å²) in [5.74, 6) is 0.485. The first kappa shape index (κ1) is 13.0. The Morgan fingerprint density at radius 3 is 2.81 bits per heavy atom. The van der Waals surface area contributed by atoms with Crippen LogP contribution in [0.4, 0.5) is 16.2 Å². The quantitative estimate of drug-likeness (QED) is 0.690. The monoisotopic (exact) mass is 282 g/mol. The fourth-order valence-corrected chi connectivity index (χ4v) is 2.02. The van der Waals surface area contributed by atoms with Crippen LogP contribution in [0, 0.1) is 0 Å². The van der Waals surface area contributed by atoms with Crippen molar-refractivity contribution in [2.45, 2.75) is 0 Å². The van der Waals surface area contributed by atoms with Crippen LogP contribution in [0.15, 0.2) is 48.9 Å². The summed E-state index contributed by atoms with van der Waals surface area (Å²) in [7, 11) is 1.52. The zero-order valence-electron chi connectivity index (χ0n) is 11.4. The van der Waals surface area contributed by atoms with Crippen molar-refractivity contribution in [1.29, 1.82) is 0 Å². The van der Waals surface area contributed by atoms with Gasteiger partial charge in [0, 0.05) is 42.2 Å². The van der Waals surface area contributed by atoms with Gasteiger partial charge in [0.2, 0.25) is 0 Å². The van der Waals surface area contributed by atoms with Gasteiger partial charge in [-0.3, -0.25) is 4.98 Å². The Morgan fingerprint density at radius 2 is 2.05 bits per heavy atom. The number of nitrogens with zero attached hydrogens (tertiary/aromatic N) is 1. The zero-order valence-corrected chi connectivity index (χ0v) is 11.4. The van der Waals surface area contributed by atoms with Crippen LogP contribution in [-0.2, 0) is 0 Å². The van der Waals surface area contributed by atoms with Crippen LogP contribution in [0.5, 0.6) is 5.75 Å². The molecule has 0 aliphatic carbocycles. The minimum atomic E-state index is -0.492. The molecule has 0 unspecified atom stereocenters. The molecular formula is C15H14N4O2. The number of amides is 1. The molecule has 3 aromatic rings. The highest BCUT2D eigenvalue weighted by Gasteiger charge is 2.07. The molecule has 0 atom stereocenters. The predicted octanol–water partition coefficient (Wildman–Crippen LogP) is 3.02. The number of pyridine rings is 1. The second kappa shape index (κ2) is 5.54. The average molecular weight is 282 g/mol. The summed E-state index contributed by atoms with van der Waals surface area (Å²) in [5.41, 5.74) is 2.79. The maximum atomic E-state index is 11.3. The molecule has 6 nitrogen and oxygen atoms in total. The standard InChI is InChI=1S/C15H14N4O2/c1-16-15(20)21-11-2-3-13-12(8-11)14(9-18-13)19-10-4-6-17-7-5-10/h2-9,18H,1H3,(H,16,20)(H,17,19). The molecule has 0 spiro atoms. The molecule has 0 fully saturated rings. The number of carbonyl (C=O) groups excluding carboxylic acids is 1. The van der Waals surface area contributed by atoms with Crippen molar-refractivity contribution in [1.82, 2.24) is 15.3 Å². The molecule has 1 amide bonds. The van der Waals surface area contributed by atoms with E-state index in [9.17, 15) is 4.79 Å². The summed E-state index contributed by atoms with van der Waals surface area (Å²) < 4.78 is 5.14. The third kappa shape index (κ3) is 2.79. The molecule has 0 saturated carbocycles. The molecule has 106 valence electrons. The number of hydrogen-bond acceptors (Lipinski definition) is 4. The molecule has 0 aliphatic rings. The van der Waals surface area contributed by atoms with Crippen molar-refractivity contribution < 1.29 is 9.53 Å². The van der Waals surface area contributed by atoms with Crippen LogP contribution >= 0.6 is 0 Å². The van der Waals surface area contributed by atoms with E-state index in [0.717, 1.165) is 22.3 Å². The molecule has 2 aromatic heterocycles. The number of anilines is 2. The number of rotatable bonds is 3. The minimum absolute atomic E-state index is 0.485. The van der Waals surface area contributed by atoms with Gasteiger partial charge in [0.15, 0.2) is 0 Å². The van der Waals surface area contributed by atoms with Gasteiger partial charge in [-0.25, -0.2) is 4.79 Å². The Balaban J connectivity index is 1.92. The molecule has 21 heavy (non-hydrogen) atoms. The van der Waals surface area contributed by atoms with Crippen LogP contribution in [0.3, 0.4) is 0 Å². The lowest BCUT2D eigenvalue weighted by molar-refractivity contribution is 0.203. The van der Waals surface area contributed by atoms with E-state index in [0.29, 0.717) is 5.75 Å². The molecule has 0 bridgehead atoms. The van der Waals surface area contributed by atoms with Crippen LogP contribution in [0.25, 0.3) is 10.9 Å². The van der Waals surface area contributed by atoms with E-state index in [-0.39, 0.29) is 0 Å². The summed E-state index contributed by atoms with van der Waals surface area (Å²) in [6.07, 6.45) is 4.82. The third-order valence-corrected chi connectivity index (χ3v) is 3.03. The van der Waals surface area contributed by atoms with Gasteiger partial charge in [-0.15, -0.1) is 0 Å². The number of H-pyrrole nitrogens is 1. The normalized spacial score (nSPS) is 10.3. The predicted molar refractivity (Wildman–Crippen MR) is 80.9 cm³/mol. The summed E-state index contributed by atoms with van der Waals surface area (Å²) in [4.78, 5) is 18.4. The maximum Gasteiger partial charge on any atom is 0.412 e. The van der Waals surface area contributed by atoms with Gasteiger partial charge in [0.25, 0.3) is 0 Å². The van der Waals surface area contributed by atoms with Gasteiger partial charge < -0.3 is 20.4 Å². The summed E-state index contributed by atoms with van der Waals surface area (Å²) in [6, 6.07) is 9.17. The van der Waals surface area contributed by atoms with Crippen LogP contribution in [0.2, 0.25) is 0 Å². The van der Waals surface area contributed by atoms with Crippen LogP contribution < -0.4 is 15.4 Å². The third-order valence-electron chi connectivity index (χ3n) is 3.03. The van der Waals surface area contributed by atoms with E-state index in [1.807, 2.05) is 30.5 Å². The molecule has 0 aliphatic heterocycles. The van der Waals surface area contributed by atoms with Gasteiger partial charge in [-0.1, -0.05) is 0 Å². The number of aromatic amines is 1. The molecular weight excluding hydrogens is 268 g/mol. The van der Waals surface area contributed by atoms with Crippen molar-refractivity contribution in [2.24, 2.45) is 0 Å². The summed E-state index contributed by atoms with van der Waals surface area (Å²) in [6.45, 7) is 0. The fraction of sp³-hybridized carbons (Fsp3) is 0.0667. The topological polar surface area (TPSA) is 79.0 Å². The fourth-order valence-electron chi connectivity index (χ4n) is 2.02. The van der Waals surface area contributed by atoms with Gasteiger partial charge in [0.05, 0.1) is 5.69 Å². The second-order valence-corrected chi connectivity index (χ2v) is 4.41. The van der Waals surface area contributed by atoms with Gasteiger partial charge in [-0.05, 0) is 30.3 Å². The molecule has 0 radical (unpaired) electrons. The maximum absolute atomic E-state index is 11.3. The molecule has 3 N–H and O–H groups in total. The highest BCUT2D eigenvalue weighted by Crippen LogP contribution is 2.29. The van der Waals surface area contributed by atoms with Crippen molar-refractivity contribution >= 4 is 28.4 Å². The number of fused-ring (bicyclic) bond motifs is 1. The lowest BCUT2D eigenvalue weighted by Crippen LogP contribution is -2.21. The number of hydrogen-bond donors (Lipinski definition) is 3. The number of benzene rings is 1. The van der Waals surface area contributed by atoms with E-state index in [2.05, 4.69) is 20.6 Å². The first-order valence-corrected chi connectivity index (χ1v) is 6.44. The van der Waals surface area contributed by atoms with E-state index >= 15 is 0 Å². The average Bonchev–Trinajstić information content (AvgIpc) is 2.91. The van der Waals surface area contributed by atoms with Crippen molar-refractivity contribution in [3.63, 3.8) is 0 Å². The van der Waals surface area contributed by atoms with E-state index in [1.54, 1.807) is 18.5 Å². The lowest BCUT2D eigenvalue weighted by atomic mass is 10.2. The smallest absolute Gasteiger partial charge is 0.410 e. The van der Waals surface area contributed by atoms with Crippen LogP contribution in [-0.4, -0.2) is 23.1 Å². The molecule has 1 aromatic carbocycles. The summed E-state index contributed by atoms with van der Waals surface area (Å²) in [5, 5.41) is 6.65. The number of ether oxygens (including phenoxy) is 1. The Hall–Kier alpha value is -3.02. The molecule has 2 heterocycles. The Bertz CT molecular complexity index is 768. The molecule has 0 saturated heterocycles. The number of carbonyl (C=O) groups is 1. The minimum Gasteiger partial charge on any atom is -0.410 e. The van der Waals surface area contributed by atoms with Gasteiger partial charge >= 0.3 is 6.09 Å². The van der Waals surface area contributed by atoms with E-state index in [1.165, 1.54) is 7.05 Å². The Labute approximate surface area is 121 Å². The van der Waals surface area contributed by atoms with Crippen LogP contribution in [0.1, 0.15) is 0 Å². The number of aromatic nitrogens is 2. The summed E-state index contributed by atoms with van der Waals surface area (Å²) >= 11 is 0. The van der Waals surface area contributed by atoms with Crippen molar-refractivity contribution in [3.8, 4) is 5.75 Å². The van der Waals surface area contributed by atoms with E-state index in [4.69, 9.17) is 4.74 Å². The zero-order chi connectivity index (χ0) is 14.7. The first-order chi connectivity index (χ1) is 10.3. The highest BCUT2D eigenvalue weighted by molar-refractivity contribution is 5.95. The lowest BCUT2D eigenvalue weighted by Gasteiger charge is -2.06.